The van der Waals surface area contributed by atoms with Crippen LogP contribution in [0.3, 0.4) is 0 Å². The zero-order chi connectivity index (χ0) is 23.9. The van der Waals surface area contributed by atoms with Gasteiger partial charge in [0.15, 0.2) is 11.6 Å². The van der Waals surface area contributed by atoms with Gasteiger partial charge < -0.3 is 14.4 Å². The molecule has 1 aliphatic heterocycles. The SMILES string of the molecule is Cn1c(-c2ccc(N3CCN(C(=O)c4ccccc4C(F)(F)F)CC3)nn2)nc2ccccc21. The fraction of sp³-hybridized carbons (Fsp3) is 0.250. The lowest BCUT2D eigenvalue weighted by Crippen LogP contribution is -2.49. The zero-order valence-corrected chi connectivity index (χ0v) is 18.3. The highest BCUT2D eigenvalue weighted by atomic mass is 19.4. The quantitative estimate of drug-likeness (QED) is 0.457. The number of fused-ring (bicyclic) bond motifs is 1. The first-order valence-electron chi connectivity index (χ1n) is 10.8. The van der Waals surface area contributed by atoms with E-state index in [-0.39, 0.29) is 5.56 Å². The molecular weight excluding hydrogens is 445 g/mol. The third kappa shape index (κ3) is 3.95. The second kappa shape index (κ2) is 8.44. The van der Waals surface area contributed by atoms with Crippen LogP contribution in [0.15, 0.2) is 60.7 Å². The molecule has 7 nitrogen and oxygen atoms in total. The van der Waals surface area contributed by atoms with Crippen molar-refractivity contribution in [1.29, 1.82) is 0 Å². The van der Waals surface area contributed by atoms with Gasteiger partial charge in [-0.2, -0.15) is 13.2 Å². The van der Waals surface area contributed by atoms with Crippen LogP contribution in [-0.2, 0) is 13.2 Å². The van der Waals surface area contributed by atoms with Gasteiger partial charge in [0, 0.05) is 33.2 Å². The van der Waals surface area contributed by atoms with Gasteiger partial charge in [-0.1, -0.05) is 24.3 Å². The van der Waals surface area contributed by atoms with Crippen LogP contribution < -0.4 is 4.90 Å². The van der Waals surface area contributed by atoms with E-state index < -0.39 is 17.6 Å². The molecular formula is C24H21F3N6O. The molecule has 4 aromatic rings. The standard InChI is InChI=1S/C24H21F3N6O/c1-31-20-9-5-4-8-18(20)28-22(31)19-10-11-21(30-29-19)32-12-14-33(15-13-32)23(34)16-6-2-3-7-17(16)24(25,26)27/h2-11H,12-15H2,1H3. The van der Waals surface area contributed by atoms with Crippen molar-refractivity contribution in [2.45, 2.75) is 6.18 Å². The number of hydrogen-bond acceptors (Lipinski definition) is 5. The number of aryl methyl sites for hydroxylation is 1. The van der Waals surface area contributed by atoms with E-state index >= 15 is 0 Å². The van der Waals surface area contributed by atoms with Crippen molar-refractivity contribution in [2.75, 3.05) is 31.1 Å². The number of hydrogen-bond donors (Lipinski definition) is 0. The predicted molar refractivity (Wildman–Crippen MR) is 121 cm³/mol. The van der Waals surface area contributed by atoms with Crippen LogP contribution >= 0.6 is 0 Å². The van der Waals surface area contributed by atoms with Gasteiger partial charge in [-0.15, -0.1) is 10.2 Å². The first-order chi connectivity index (χ1) is 16.3. The molecule has 0 saturated carbocycles. The lowest BCUT2D eigenvalue weighted by molar-refractivity contribution is -0.138. The Bertz CT molecular complexity index is 1340. The highest BCUT2D eigenvalue weighted by Gasteiger charge is 2.36. The second-order valence-corrected chi connectivity index (χ2v) is 8.08. The van der Waals surface area contributed by atoms with E-state index in [1.54, 1.807) is 0 Å². The molecule has 1 saturated heterocycles. The van der Waals surface area contributed by atoms with Crippen molar-refractivity contribution in [3.8, 4) is 11.5 Å². The molecule has 2 aromatic carbocycles. The van der Waals surface area contributed by atoms with Crippen molar-refractivity contribution < 1.29 is 18.0 Å². The van der Waals surface area contributed by atoms with E-state index in [0.29, 0.717) is 43.5 Å². The Hall–Kier alpha value is -3.95. The first kappa shape index (κ1) is 21.9. The molecule has 34 heavy (non-hydrogen) atoms. The number of para-hydroxylation sites is 2. The third-order valence-electron chi connectivity index (χ3n) is 6.02. The van der Waals surface area contributed by atoms with Crippen LogP contribution in [0, 0.1) is 0 Å². The van der Waals surface area contributed by atoms with Crippen LogP contribution in [0.2, 0.25) is 0 Å². The van der Waals surface area contributed by atoms with Gasteiger partial charge in [0.1, 0.15) is 5.69 Å². The highest BCUT2D eigenvalue weighted by Crippen LogP contribution is 2.32. The average molecular weight is 466 g/mol. The summed E-state index contributed by atoms with van der Waals surface area (Å²) in [4.78, 5) is 20.8. The minimum absolute atomic E-state index is 0.291. The number of anilines is 1. The number of rotatable bonds is 3. The molecule has 0 spiro atoms. The van der Waals surface area contributed by atoms with Gasteiger partial charge in [-0.3, -0.25) is 4.79 Å². The average Bonchev–Trinajstić information content (AvgIpc) is 3.20. The molecule has 0 aliphatic carbocycles. The Morgan fingerprint density at radius 2 is 1.59 bits per heavy atom. The van der Waals surface area contributed by atoms with Gasteiger partial charge in [0.05, 0.1) is 22.2 Å². The molecule has 10 heteroatoms. The summed E-state index contributed by atoms with van der Waals surface area (Å²) in [5, 5.41) is 8.67. The number of carbonyl (C=O) groups is 1. The monoisotopic (exact) mass is 466 g/mol. The molecule has 1 aliphatic rings. The molecule has 3 heterocycles. The molecule has 1 fully saturated rings. The summed E-state index contributed by atoms with van der Waals surface area (Å²) in [6, 6.07) is 16.4. The first-order valence-corrected chi connectivity index (χ1v) is 10.8. The van der Waals surface area contributed by atoms with E-state index in [4.69, 9.17) is 0 Å². The number of benzene rings is 2. The minimum atomic E-state index is -4.58. The lowest BCUT2D eigenvalue weighted by Gasteiger charge is -2.35. The van der Waals surface area contributed by atoms with Gasteiger partial charge in [-0.25, -0.2) is 4.98 Å². The summed E-state index contributed by atoms with van der Waals surface area (Å²) in [5.41, 5.74) is 1.27. The Balaban J connectivity index is 1.28. The summed E-state index contributed by atoms with van der Waals surface area (Å²) in [6.07, 6.45) is -4.58. The number of nitrogens with zero attached hydrogens (tertiary/aromatic N) is 6. The smallest absolute Gasteiger partial charge is 0.352 e. The third-order valence-corrected chi connectivity index (χ3v) is 6.02. The van der Waals surface area contributed by atoms with Crippen LogP contribution in [0.1, 0.15) is 15.9 Å². The van der Waals surface area contributed by atoms with Gasteiger partial charge in [-0.05, 0) is 36.4 Å². The molecule has 0 radical (unpaired) electrons. The zero-order valence-electron chi connectivity index (χ0n) is 18.3. The molecule has 174 valence electrons. The predicted octanol–water partition coefficient (Wildman–Crippen LogP) is 4.01. The lowest BCUT2D eigenvalue weighted by atomic mass is 10.1. The molecule has 0 N–H and O–H groups in total. The summed E-state index contributed by atoms with van der Waals surface area (Å²) in [7, 11) is 1.92. The number of carbonyl (C=O) groups excluding carboxylic acids is 1. The number of halogens is 3. The normalized spacial score (nSPS) is 14.6. The maximum Gasteiger partial charge on any atom is 0.417 e. The van der Waals surface area contributed by atoms with Crippen molar-refractivity contribution in [3.63, 3.8) is 0 Å². The van der Waals surface area contributed by atoms with Gasteiger partial charge >= 0.3 is 6.18 Å². The molecule has 5 rings (SSSR count). The molecule has 1 amide bonds. The summed E-state index contributed by atoms with van der Waals surface area (Å²) < 4.78 is 41.9. The number of aromatic nitrogens is 4. The van der Waals surface area contributed by atoms with Crippen molar-refractivity contribution in [2.24, 2.45) is 7.05 Å². The minimum Gasteiger partial charge on any atom is -0.352 e. The molecule has 0 bridgehead atoms. The maximum absolute atomic E-state index is 13.3. The largest absolute Gasteiger partial charge is 0.417 e. The summed E-state index contributed by atoms with van der Waals surface area (Å²) >= 11 is 0. The maximum atomic E-state index is 13.3. The fourth-order valence-corrected chi connectivity index (χ4v) is 4.21. The number of piperazine rings is 1. The van der Waals surface area contributed by atoms with Gasteiger partial charge in [0.2, 0.25) is 0 Å². The van der Waals surface area contributed by atoms with Crippen molar-refractivity contribution in [3.05, 3.63) is 71.8 Å². The van der Waals surface area contributed by atoms with E-state index in [1.165, 1.54) is 23.1 Å². The Labute approximate surface area is 193 Å². The second-order valence-electron chi connectivity index (χ2n) is 8.08. The van der Waals surface area contributed by atoms with E-state index in [9.17, 15) is 18.0 Å². The molecule has 2 aromatic heterocycles. The molecule has 0 unspecified atom stereocenters. The summed E-state index contributed by atoms with van der Waals surface area (Å²) in [6.45, 7) is 1.47. The van der Waals surface area contributed by atoms with E-state index in [0.717, 1.165) is 17.1 Å². The number of amides is 1. The Kier molecular flexibility index (Phi) is 5.43. The highest BCUT2D eigenvalue weighted by molar-refractivity contribution is 5.96. The Morgan fingerprint density at radius 1 is 0.882 bits per heavy atom. The Morgan fingerprint density at radius 3 is 2.26 bits per heavy atom. The number of alkyl halides is 3. The summed E-state index contributed by atoms with van der Waals surface area (Å²) in [5.74, 6) is 0.736. The van der Waals surface area contributed by atoms with E-state index in [1.807, 2.05) is 52.9 Å². The molecule has 0 atom stereocenters. The van der Waals surface area contributed by atoms with Crippen molar-refractivity contribution in [1.82, 2.24) is 24.6 Å². The van der Waals surface area contributed by atoms with Crippen LogP contribution in [-0.4, -0.2) is 56.7 Å². The van der Waals surface area contributed by atoms with E-state index in [2.05, 4.69) is 15.2 Å². The van der Waals surface area contributed by atoms with Gasteiger partial charge in [0.25, 0.3) is 5.91 Å². The van der Waals surface area contributed by atoms with Crippen molar-refractivity contribution >= 4 is 22.8 Å². The van der Waals surface area contributed by atoms with Crippen LogP contribution in [0.25, 0.3) is 22.6 Å². The fourth-order valence-electron chi connectivity index (χ4n) is 4.21. The number of imidazole rings is 1. The van der Waals surface area contributed by atoms with Crippen LogP contribution in [0.4, 0.5) is 19.0 Å². The topological polar surface area (TPSA) is 67.2 Å². The van der Waals surface area contributed by atoms with Crippen LogP contribution in [0.5, 0.6) is 0 Å².